The topological polar surface area (TPSA) is 69.6 Å². The molecule has 0 aromatic heterocycles. The molecular weight excluding hydrogens is 288 g/mol. The van der Waals surface area contributed by atoms with Gasteiger partial charge >= 0.3 is 0 Å². The molecule has 0 saturated heterocycles. The summed E-state index contributed by atoms with van der Waals surface area (Å²) < 4.78 is 25.3. The van der Waals surface area contributed by atoms with Gasteiger partial charge in [0.1, 0.15) is 0 Å². The van der Waals surface area contributed by atoms with Crippen LogP contribution in [0.1, 0.15) is 32.3 Å². The summed E-state index contributed by atoms with van der Waals surface area (Å²) in [6.07, 6.45) is 1.57. The molecule has 0 heterocycles. The molecule has 0 bridgehead atoms. The van der Waals surface area contributed by atoms with E-state index >= 15 is 0 Å². The highest BCUT2D eigenvalue weighted by atomic mass is 32.2. The van der Waals surface area contributed by atoms with Crippen LogP contribution < -0.4 is 5.32 Å². The van der Waals surface area contributed by atoms with E-state index in [1.807, 2.05) is 19.1 Å². The maximum absolute atomic E-state index is 12.1. The Kier molecular flexibility index (Phi) is 6.34. The van der Waals surface area contributed by atoms with E-state index in [1.54, 1.807) is 12.1 Å². The van der Waals surface area contributed by atoms with E-state index in [9.17, 15) is 13.5 Å². The summed E-state index contributed by atoms with van der Waals surface area (Å²) in [5.74, 6) is 0. The summed E-state index contributed by atoms with van der Waals surface area (Å²) in [4.78, 5) is 0.276. The molecule has 1 aromatic rings. The summed E-state index contributed by atoms with van der Waals surface area (Å²) in [6, 6.07) is 6.87. The van der Waals surface area contributed by atoms with Crippen LogP contribution in [0.15, 0.2) is 29.2 Å². The van der Waals surface area contributed by atoms with Crippen LogP contribution in [-0.4, -0.2) is 45.1 Å². The molecule has 0 spiro atoms. The van der Waals surface area contributed by atoms with Crippen molar-refractivity contribution in [1.29, 1.82) is 0 Å². The smallest absolute Gasteiger partial charge is 0.242 e. The second kappa shape index (κ2) is 7.35. The maximum Gasteiger partial charge on any atom is 0.242 e. The number of sulfonamides is 1. The first-order chi connectivity index (χ1) is 9.78. The fourth-order valence-electron chi connectivity index (χ4n) is 2.16. The fraction of sp³-hybridized carbons (Fsp3) is 0.600. The highest BCUT2D eigenvalue weighted by molar-refractivity contribution is 7.89. The molecule has 1 atom stereocenters. The third-order valence-electron chi connectivity index (χ3n) is 3.65. The van der Waals surface area contributed by atoms with Crippen molar-refractivity contribution in [3.8, 4) is 0 Å². The molecule has 6 heteroatoms. The van der Waals surface area contributed by atoms with Crippen LogP contribution in [0, 0.1) is 0 Å². The fourth-order valence-corrected chi connectivity index (χ4v) is 3.07. The maximum atomic E-state index is 12.1. The van der Waals surface area contributed by atoms with Crippen molar-refractivity contribution in [2.45, 2.75) is 37.1 Å². The number of rotatable bonds is 8. The summed E-state index contributed by atoms with van der Waals surface area (Å²) >= 11 is 0. The zero-order valence-electron chi connectivity index (χ0n) is 13.3. The van der Waals surface area contributed by atoms with Crippen molar-refractivity contribution in [2.24, 2.45) is 0 Å². The Balaban J connectivity index is 3.09. The first-order valence-electron chi connectivity index (χ1n) is 7.17. The molecule has 0 aliphatic heterocycles. The van der Waals surface area contributed by atoms with Crippen molar-refractivity contribution in [2.75, 3.05) is 27.2 Å². The average molecular weight is 314 g/mol. The quantitative estimate of drug-likeness (QED) is 0.763. The summed E-state index contributed by atoms with van der Waals surface area (Å²) in [6.45, 7) is 5.02. The van der Waals surface area contributed by atoms with Crippen molar-refractivity contribution in [3.05, 3.63) is 29.8 Å². The van der Waals surface area contributed by atoms with Gasteiger partial charge in [-0.15, -0.1) is 0 Å². The van der Waals surface area contributed by atoms with Crippen molar-refractivity contribution in [1.82, 2.24) is 9.62 Å². The molecule has 5 nitrogen and oxygen atoms in total. The van der Waals surface area contributed by atoms with Gasteiger partial charge in [0.2, 0.25) is 10.0 Å². The standard InChI is InChI=1S/C15H26N2O3S/c1-5-11-16-15(2,10-12-18)13-6-8-14(9-7-13)21(19,20)17(3)4/h6-9,16,18H,5,10-12H2,1-4H3. The second-order valence-corrected chi connectivity index (χ2v) is 7.70. The molecule has 2 N–H and O–H groups in total. The monoisotopic (exact) mass is 314 g/mol. The van der Waals surface area contributed by atoms with Crippen molar-refractivity contribution < 1.29 is 13.5 Å². The molecule has 1 unspecified atom stereocenters. The number of aliphatic hydroxyl groups is 1. The molecular formula is C15H26N2O3S. The molecule has 21 heavy (non-hydrogen) atoms. The Hall–Kier alpha value is -0.950. The lowest BCUT2D eigenvalue weighted by molar-refractivity contribution is 0.221. The number of benzene rings is 1. The molecule has 0 saturated carbocycles. The van der Waals surface area contributed by atoms with Crippen molar-refractivity contribution in [3.63, 3.8) is 0 Å². The minimum atomic E-state index is -3.40. The van der Waals surface area contributed by atoms with Crippen LogP contribution >= 0.6 is 0 Å². The van der Waals surface area contributed by atoms with E-state index in [4.69, 9.17) is 0 Å². The molecule has 0 radical (unpaired) electrons. The van der Waals surface area contributed by atoms with E-state index in [1.165, 1.54) is 18.4 Å². The minimum Gasteiger partial charge on any atom is -0.396 e. The predicted molar refractivity (Wildman–Crippen MR) is 84.7 cm³/mol. The third kappa shape index (κ3) is 4.26. The van der Waals surface area contributed by atoms with Crippen LogP contribution in [0.3, 0.4) is 0 Å². The summed E-state index contributed by atoms with van der Waals surface area (Å²) in [7, 11) is -0.373. The lowest BCUT2D eigenvalue weighted by Crippen LogP contribution is -2.40. The van der Waals surface area contributed by atoms with E-state index in [-0.39, 0.29) is 17.0 Å². The molecule has 0 fully saturated rings. The summed E-state index contributed by atoms with van der Waals surface area (Å²) in [5.41, 5.74) is 0.619. The largest absolute Gasteiger partial charge is 0.396 e. The highest BCUT2D eigenvalue weighted by Gasteiger charge is 2.26. The number of hydrogen-bond donors (Lipinski definition) is 2. The van der Waals surface area contributed by atoms with Gasteiger partial charge in [-0.2, -0.15) is 0 Å². The molecule has 0 aliphatic carbocycles. The average Bonchev–Trinajstić information content (AvgIpc) is 2.45. The number of nitrogens with zero attached hydrogens (tertiary/aromatic N) is 1. The Morgan fingerprint density at radius 2 is 1.81 bits per heavy atom. The second-order valence-electron chi connectivity index (χ2n) is 5.54. The minimum absolute atomic E-state index is 0.0744. The van der Waals surface area contributed by atoms with Gasteiger partial charge in [-0.3, -0.25) is 0 Å². The van der Waals surface area contributed by atoms with Gasteiger partial charge in [0.15, 0.2) is 0 Å². The lowest BCUT2D eigenvalue weighted by atomic mass is 9.89. The molecule has 0 aliphatic rings. The SMILES string of the molecule is CCCNC(C)(CCO)c1ccc(S(=O)(=O)N(C)C)cc1. The van der Waals surface area contributed by atoms with Crippen LogP contribution in [0.2, 0.25) is 0 Å². The van der Waals surface area contributed by atoms with Gasteiger partial charge in [0.05, 0.1) is 4.90 Å². The normalized spacial score (nSPS) is 15.1. The Morgan fingerprint density at radius 1 is 1.24 bits per heavy atom. The van der Waals surface area contributed by atoms with E-state index in [2.05, 4.69) is 12.2 Å². The van der Waals surface area contributed by atoms with Crippen LogP contribution in [-0.2, 0) is 15.6 Å². The first kappa shape index (κ1) is 18.1. The zero-order valence-corrected chi connectivity index (χ0v) is 14.1. The Morgan fingerprint density at radius 3 is 2.24 bits per heavy atom. The van der Waals surface area contributed by atoms with Gasteiger partial charge in [-0.1, -0.05) is 19.1 Å². The third-order valence-corrected chi connectivity index (χ3v) is 5.48. The van der Waals surface area contributed by atoms with Gasteiger partial charge < -0.3 is 10.4 Å². The van der Waals surface area contributed by atoms with E-state index in [0.717, 1.165) is 18.5 Å². The zero-order chi connectivity index (χ0) is 16.1. The van der Waals surface area contributed by atoms with Gasteiger partial charge in [-0.25, -0.2) is 12.7 Å². The molecule has 0 amide bonds. The first-order valence-corrected chi connectivity index (χ1v) is 8.61. The van der Waals surface area contributed by atoms with Crippen LogP contribution in [0.4, 0.5) is 0 Å². The summed E-state index contributed by atoms with van der Waals surface area (Å²) in [5, 5.41) is 12.7. The molecule has 1 rings (SSSR count). The van der Waals surface area contributed by atoms with Gasteiger partial charge in [-0.05, 0) is 44.0 Å². The van der Waals surface area contributed by atoms with Crippen molar-refractivity contribution >= 4 is 10.0 Å². The van der Waals surface area contributed by atoms with E-state index < -0.39 is 10.0 Å². The predicted octanol–water partition coefficient (Wildman–Crippen LogP) is 1.53. The highest BCUT2D eigenvalue weighted by Crippen LogP contribution is 2.26. The van der Waals surface area contributed by atoms with Crippen LogP contribution in [0.25, 0.3) is 0 Å². The number of aliphatic hydroxyl groups excluding tert-OH is 1. The van der Waals surface area contributed by atoms with Crippen LogP contribution in [0.5, 0.6) is 0 Å². The molecule has 120 valence electrons. The van der Waals surface area contributed by atoms with E-state index in [0.29, 0.717) is 6.42 Å². The van der Waals surface area contributed by atoms with Gasteiger partial charge in [0.25, 0.3) is 0 Å². The lowest BCUT2D eigenvalue weighted by Gasteiger charge is -2.31. The van der Waals surface area contributed by atoms with Gasteiger partial charge in [0, 0.05) is 26.2 Å². The Bertz CT molecular complexity index is 541. The number of nitrogens with one attached hydrogen (secondary N) is 1. The number of hydrogen-bond acceptors (Lipinski definition) is 4. The Labute approximate surface area is 128 Å². The molecule has 1 aromatic carbocycles.